The molecule has 1 aromatic heterocycles. The number of anilines is 1. The summed E-state index contributed by atoms with van der Waals surface area (Å²) in [7, 11) is 0. The number of carbonyl (C=O) groups excluding carboxylic acids is 1. The Labute approximate surface area is 129 Å². The van der Waals surface area contributed by atoms with Gasteiger partial charge in [0.1, 0.15) is 5.76 Å². The highest BCUT2D eigenvalue weighted by molar-refractivity contribution is 7.99. The fraction of sp³-hybridized carbons (Fsp3) is 0.375. The van der Waals surface area contributed by atoms with E-state index in [1.54, 1.807) is 0 Å². The SMILES string of the molecule is Cc1nc(SCC(=O)Nc2ccccc2C(C)C)oc1C. The summed E-state index contributed by atoms with van der Waals surface area (Å²) in [5, 5.41) is 3.49. The van der Waals surface area contributed by atoms with Gasteiger partial charge in [-0.25, -0.2) is 4.98 Å². The Hall–Kier alpha value is -1.75. The number of aromatic nitrogens is 1. The maximum Gasteiger partial charge on any atom is 0.256 e. The van der Waals surface area contributed by atoms with Gasteiger partial charge in [-0.1, -0.05) is 43.8 Å². The van der Waals surface area contributed by atoms with Gasteiger partial charge in [-0.3, -0.25) is 4.79 Å². The predicted molar refractivity (Wildman–Crippen MR) is 85.9 cm³/mol. The zero-order chi connectivity index (χ0) is 15.4. The molecule has 21 heavy (non-hydrogen) atoms. The van der Waals surface area contributed by atoms with Crippen LogP contribution in [0.25, 0.3) is 0 Å². The molecule has 112 valence electrons. The fourth-order valence-corrected chi connectivity index (χ4v) is 2.65. The van der Waals surface area contributed by atoms with Crippen LogP contribution in [-0.2, 0) is 4.79 Å². The maximum atomic E-state index is 12.1. The van der Waals surface area contributed by atoms with Crippen molar-refractivity contribution < 1.29 is 9.21 Å². The van der Waals surface area contributed by atoms with Crippen molar-refractivity contribution in [3.63, 3.8) is 0 Å². The van der Waals surface area contributed by atoms with Gasteiger partial charge >= 0.3 is 0 Å². The highest BCUT2D eigenvalue weighted by atomic mass is 32.2. The Morgan fingerprint density at radius 2 is 2.05 bits per heavy atom. The summed E-state index contributed by atoms with van der Waals surface area (Å²) in [5.74, 6) is 1.39. The van der Waals surface area contributed by atoms with Crippen molar-refractivity contribution in [2.75, 3.05) is 11.1 Å². The van der Waals surface area contributed by atoms with Crippen molar-refractivity contribution in [1.82, 2.24) is 4.98 Å². The lowest BCUT2D eigenvalue weighted by Gasteiger charge is -2.13. The number of rotatable bonds is 5. The molecule has 0 aliphatic rings. The van der Waals surface area contributed by atoms with Gasteiger partial charge in [0.25, 0.3) is 5.22 Å². The topological polar surface area (TPSA) is 55.1 Å². The normalized spacial score (nSPS) is 10.9. The van der Waals surface area contributed by atoms with Crippen LogP contribution in [0.4, 0.5) is 5.69 Å². The predicted octanol–water partition coefficient (Wildman–Crippen LogP) is 4.15. The molecule has 1 aromatic carbocycles. The second kappa shape index (κ2) is 6.80. The number of benzene rings is 1. The highest BCUT2D eigenvalue weighted by Crippen LogP contribution is 2.24. The first-order chi connectivity index (χ1) is 9.97. The molecule has 1 amide bonds. The molecule has 5 heteroatoms. The summed E-state index contributed by atoms with van der Waals surface area (Å²) in [6.45, 7) is 7.98. The van der Waals surface area contributed by atoms with Crippen LogP contribution in [0.1, 0.15) is 36.8 Å². The maximum absolute atomic E-state index is 12.1. The Bertz CT molecular complexity index is 615. The first-order valence-electron chi connectivity index (χ1n) is 6.93. The van der Waals surface area contributed by atoms with Gasteiger partial charge in [-0.15, -0.1) is 0 Å². The van der Waals surface area contributed by atoms with Crippen molar-refractivity contribution in [2.45, 2.75) is 38.8 Å². The van der Waals surface area contributed by atoms with Crippen LogP contribution in [0.5, 0.6) is 0 Å². The molecule has 4 nitrogen and oxygen atoms in total. The third-order valence-electron chi connectivity index (χ3n) is 3.19. The van der Waals surface area contributed by atoms with Crippen molar-refractivity contribution in [1.29, 1.82) is 0 Å². The van der Waals surface area contributed by atoms with Crippen molar-refractivity contribution in [3.8, 4) is 0 Å². The van der Waals surface area contributed by atoms with E-state index in [9.17, 15) is 4.79 Å². The van der Waals surface area contributed by atoms with E-state index >= 15 is 0 Å². The second-order valence-electron chi connectivity index (χ2n) is 5.20. The molecule has 0 saturated carbocycles. The second-order valence-corrected chi connectivity index (χ2v) is 6.13. The average Bonchev–Trinajstić information content (AvgIpc) is 2.76. The molecular weight excluding hydrogens is 284 g/mol. The van der Waals surface area contributed by atoms with E-state index in [-0.39, 0.29) is 11.7 Å². The first kappa shape index (κ1) is 15.6. The van der Waals surface area contributed by atoms with Gasteiger partial charge in [0.15, 0.2) is 0 Å². The van der Waals surface area contributed by atoms with Gasteiger partial charge in [-0.05, 0) is 31.4 Å². The molecule has 1 heterocycles. The van der Waals surface area contributed by atoms with E-state index in [0.29, 0.717) is 11.1 Å². The number of thioether (sulfide) groups is 1. The van der Waals surface area contributed by atoms with E-state index < -0.39 is 0 Å². The minimum absolute atomic E-state index is 0.0541. The molecule has 2 aromatic rings. The Morgan fingerprint density at radius 3 is 2.67 bits per heavy atom. The van der Waals surface area contributed by atoms with Crippen molar-refractivity contribution in [3.05, 3.63) is 41.3 Å². The number of aryl methyl sites for hydroxylation is 2. The van der Waals surface area contributed by atoms with Gasteiger partial charge in [0.05, 0.1) is 11.4 Å². The van der Waals surface area contributed by atoms with Crippen LogP contribution in [0, 0.1) is 13.8 Å². The minimum Gasteiger partial charge on any atom is -0.437 e. The van der Waals surface area contributed by atoms with E-state index in [4.69, 9.17) is 4.42 Å². The summed E-state index contributed by atoms with van der Waals surface area (Å²) >= 11 is 1.31. The molecule has 0 aliphatic heterocycles. The molecular formula is C16H20N2O2S. The largest absolute Gasteiger partial charge is 0.437 e. The number of hydrogen-bond donors (Lipinski definition) is 1. The fourth-order valence-electron chi connectivity index (χ4n) is 1.93. The molecule has 0 atom stereocenters. The van der Waals surface area contributed by atoms with Crippen molar-refractivity contribution >= 4 is 23.4 Å². The lowest BCUT2D eigenvalue weighted by molar-refractivity contribution is -0.113. The third kappa shape index (κ3) is 4.11. The molecule has 0 spiro atoms. The first-order valence-corrected chi connectivity index (χ1v) is 7.91. The molecule has 2 rings (SSSR count). The quantitative estimate of drug-likeness (QED) is 0.843. The molecule has 1 N–H and O–H groups in total. The van der Waals surface area contributed by atoms with Crippen LogP contribution in [0.2, 0.25) is 0 Å². The zero-order valence-electron chi connectivity index (χ0n) is 12.8. The number of carbonyl (C=O) groups is 1. The zero-order valence-corrected chi connectivity index (χ0v) is 13.6. The smallest absolute Gasteiger partial charge is 0.256 e. The van der Waals surface area contributed by atoms with E-state index in [0.717, 1.165) is 22.7 Å². The summed E-state index contributed by atoms with van der Waals surface area (Å²) in [4.78, 5) is 16.3. The van der Waals surface area contributed by atoms with E-state index in [1.807, 2.05) is 38.1 Å². The lowest BCUT2D eigenvalue weighted by Crippen LogP contribution is -2.15. The van der Waals surface area contributed by atoms with Crippen LogP contribution in [0.15, 0.2) is 33.9 Å². The third-order valence-corrected chi connectivity index (χ3v) is 4.02. The molecule has 0 bridgehead atoms. The van der Waals surface area contributed by atoms with Gasteiger partial charge < -0.3 is 9.73 Å². The summed E-state index contributed by atoms with van der Waals surface area (Å²) in [6.07, 6.45) is 0. The monoisotopic (exact) mass is 304 g/mol. The number of para-hydroxylation sites is 1. The Morgan fingerprint density at radius 1 is 1.33 bits per heavy atom. The number of hydrogen-bond acceptors (Lipinski definition) is 4. The Kier molecular flexibility index (Phi) is 5.07. The highest BCUT2D eigenvalue weighted by Gasteiger charge is 2.12. The number of nitrogens with zero attached hydrogens (tertiary/aromatic N) is 1. The number of nitrogens with one attached hydrogen (secondary N) is 1. The molecule has 0 radical (unpaired) electrons. The van der Waals surface area contributed by atoms with Gasteiger partial charge in [-0.2, -0.15) is 0 Å². The van der Waals surface area contributed by atoms with Gasteiger partial charge in [0.2, 0.25) is 5.91 Å². The van der Waals surface area contributed by atoms with Crippen LogP contribution in [0.3, 0.4) is 0 Å². The number of amides is 1. The van der Waals surface area contributed by atoms with E-state index in [2.05, 4.69) is 24.1 Å². The lowest BCUT2D eigenvalue weighted by atomic mass is 10.0. The van der Waals surface area contributed by atoms with Crippen LogP contribution in [-0.4, -0.2) is 16.6 Å². The molecule has 0 fully saturated rings. The molecule has 0 unspecified atom stereocenters. The molecule has 0 aliphatic carbocycles. The summed E-state index contributed by atoms with van der Waals surface area (Å²) in [5.41, 5.74) is 2.87. The Balaban J connectivity index is 1.96. The molecule has 0 saturated heterocycles. The minimum atomic E-state index is -0.0541. The van der Waals surface area contributed by atoms with Gasteiger partial charge in [0, 0.05) is 5.69 Å². The van der Waals surface area contributed by atoms with Crippen molar-refractivity contribution in [2.24, 2.45) is 0 Å². The average molecular weight is 304 g/mol. The standard InChI is InChI=1S/C16H20N2O2S/c1-10(2)13-7-5-6-8-14(13)18-15(19)9-21-16-17-11(3)12(4)20-16/h5-8,10H,9H2,1-4H3,(H,18,19). The number of oxazole rings is 1. The van der Waals surface area contributed by atoms with Crippen LogP contribution < -0.4 is 5.32 Å². The summed E-state index contributed by atoms with van der Waals surface area (Å²) in [6, 6.07) is 7.87. The van der Waals surface area contributed by atoms with E-state index in [1.165, 1.54) is 11.8 Å². The summed E-state index contributed by atoms with van der Waals surface area (Å²) < 4.78 is 5.45. The van der Waals surface area contributed by atoms with Crippen LogP contribution >= 0.6 is 11.8 Å².